The number of aromatic nitrogens is 2. The van der Waals surface area contributed by atoms with E-state index < -0.39 is 21.7 Å². The summed E-state index contributed by atoms with van der Waals surface area (Å²) in [6, 6.07) is 9.85. The summed E-state index contributed by atoms with van der Waals surface area (Å²) in [5.74, 6) is -1.73. The average molecular weight is 440 g/mol. The van der Waals surface area contributed by atoms with Gasteiger partial charge in [-0.15, -0.1) is 0 Å². The smallest absolute Gasteiger partial charge is 0.316 e. The van der Waals surface area contributed by atoms with Crippen LogP contribution in [-0.4, -0.2) is 44.9 Å². The number of carbonyl (C=O) groups excluding carboxylic acids is 2. The van der Waals surface area contributed by atoms with Gasteiger partial charge in [0.25, 0.3) is 17.3 Å². The molecule has 13 nitrogen and oxygen atoms in total. The van der Waals surface area contributed by atoms with Crippen LogP contribution < -0.4 is 10.6 Å². The fraction of sp³-hybridized carbons (Fsp3) is 0.158. The molecular weight excluding hydrogens is 424 g/mol. The third kappa shape index (κ3) is 4.72. The molecule has 3 aromatic rings. The fourth-order valence-electron chi connectivity index (χ4n) is 2.84. The number of nitrogens with zero attached hydrogens (tertiary/aromatic N) is 4. The first-order valence-corrected chi connectivity index (χ1v) is 9.17. The van der Waals surface area contributed by atoms with Gasteiger partial charge in [-0.3, -0.25) is 29.8 Å². The van der Waals surface area contributed by atoms with Crippen LogP contribution in [-0.2, 0) is 0 Å². The molecule has 0 saturated heterocycles. The number of hydrogen-bond acceptors (Lipinski definition) is 9. The van der Waals surface area contributed by atoms with Crippen LogP contribution in [0.3, 0.4) is 0 Å². The Morgan fingerprint density at radius 2 is 1.56 bits per heavy atom. The number of hydrogen-bond donors (Lipinski definition) is 2. The number of benzene rings is 2. The molecule has 3 rings (SSSR count). The van der Waals surface area contributed by atoms with Crippen molar-refractivity contribution in [3.63, 3.8) is 0 Å². The molecule has 0 aliphatic carbocycles. The van der Waals surface area contributed by atoms with Crippen LogP contribution in [0.2, 0.25) is 0 Å². The van der Waals surface area contributed by atoms with Crippen molar-refractivity contribution < 1.29 is 24.0 Å². The zero-order chi connectivity index (χ0) is 23.3. The molecule has 0 aliphatic rings. The Labute approximate surface area is 179 Å². The molecule has 2 aromatic carbocycles. The third-order valence-electron chi connectivity index (χ3n) is 4.40. The molecule has 2 N–H and O–H groups in total. The van der Waals surface area contributed by atoms with E-state index in [-0.39, 0.29) is 41.7 Å². The third-order valence-corrected chi connectivity index (χ3v) is 4.40. The summed E-state index contributed by atoms with van der Waals surface area (Å²) in [4.78, 5) is 49.1. The summed E-state index contributed by atoms with van der Waals surface area (Å²) < 4.78 is 4.92. The van der Waals surface area contributed by atoms with Crippen LogP contribution >= 0.6 is 0 Å². The van der Waals surface area contributed by atoms with Crippen molar-refractivity contribution in [3.05, 3.63) is 79.7 Å². The highest BCUT2D eigenvalue weighted by Gasteiger charge is 2.21. The van der Waals surface area contributed by atoms with Gasteiger partial charge >= 0.3 is 11.8 Å². The Balaban J connectivity index is 1.58. The Hall–Kier alpha value is -4.68. The van der Waals surface area contributed by atoms with E-state index in [1.54, 1.807) is 6.07 Å². The molecule has 164 valence electrons. The number of nitrogens with one attached hydrogen (secondary N) is 2. The lowest BCUT2D eigenvalue weighted by Crippen LogP contribution is -2.35. The zero-order valence-electron chi connectivity index (χ0n) is 16.6. The van der Waals surface area contributed by atoms with Crippen LogP contribution in [0.5, 0.6) is 0 Å². The summed E-state index contributed by atoms with van der Waals surface area (Å²) in [5, 5.41) is 30.7. The monoisotopic (exact) mass is 440 g/mol. The molecule has 32 heavy (non-hydrogen) atoms. The number of rotatable bonds is 8. The van der Waals surface area contributed by atoms with Crippen molar-refractivity contribution in [2.45, 2.75) is 6.92 Å². The molecule has 0 atom stereocenters. The topological polar surface area (TPSA) is 183 Å². The van der Waals surface area contributed by atoms with Crippen LogP contribution in [0.4, 0.5) is 11.4 Å². The van der Waals surface area contributed by atoms with E-state index >= 15 is 0 Å². The van der Waals surface area contributed by atoms with E-state index in [9.17, 15) is 29.8 Å². The van der Waals surface area contributed by atoms with E-state index in [1.807, 2.05) is 0 Å². The Morgan fingerprint density at radius 1 is 0.938 bits per heavy atom. The van der Waals surface area contributed by atoms with Gasteiger partial charge < -0.3 is 15.2 Å². The van der Waals surface area contributed by atoms with Gasteiger partial charge in [0.05, 0.1) is 9.85 Å². The van der Waals surface area contributed by atoms with Gasteiger partial charge in [0.15, 0.2) is 0 Å². The number of para-hydroxylation sites is 1. The maximum Gasteiger partial charge on any atom is 0.316 e. The van der Waals surface area contributed by atoms with E-state index in [2.05, 4.69) is 20.8 Å². The minimum Gasteiger partial charge on any atom is -0.350 e. The quantitative estimate of drug-likeness (QED) is 0.300. The first-order chi connectivity index (χ1) is 15.3. The molecule has 0 spiro atoms. The van der Waals surface area contributed by atoms with Crippen molar-refractivity contribution in [1.29, 1.82) is 0 Å². The lowest BCUT2D eigenvalue weighted by molar-refractivity contribution is -0.385. The van der Waals surface area contributed by atoms with Crippen LogP contribution in [0, 0.1) is 27.2 Å². The standard InChI is InChI=1S/C19H16N6O7/c1-11-12(6-4-8-14(11)24(28)29)16-22-19(32-23-16)18(27)21-10-9-20-17(26)13-5-2-3-7-15(13)25(30)31/h2-8H,9-10H2,1H3,(H,20,26)(H,21,27). The molecule has 1 heterocycles. The molecule has 0 saturated carbocycles. The van der Waals surface area contributed by atoms with Gasteiger partial charge in [-0.05, 0) is 13.0 Å². The Kier molecular flexibility index (Phi) is 6.48. The first kappa shape index (κ1) is 22.0. The second kappa shape index (κ2) is 9.42. The van der Waals surface area contributed by atoms with Crippen molar-refractivity contribution >= 4 is 23.2 Å². The molecule has 13 heteroatoms. The van der Waals surface area contributed by atoms with Crippen LogP contribution in [0.15, 0.2) is 47.0 Å². The largest absolute Gasteiger partial charge is 0.350 e. The average Bonchev–Trinajstić information content (AvgIpc) is 3.26. The van der Waals surface area contributed by atoms with Crippen molar-refractivity contribution in [2.75, 3.05) is 13.1 Å². The highest BCUT2D eigenvalue weighted by Crippen LogP contribution is 2.27. The summed E-state index contributed by atoms with van der Waals surface area (Å²) in [6.45, 7) is 1.50. The van der Waals surface area contributed by atoms with Crippen molar-refractivity contribution in [3.8, 4) is 11.4 Å². The van der Waals surface area contributed by atoms with E-state index in [1.165, 1.54) is 43.3 Å². The second-order valence-corrected chi connectivity index (χ2v) is 6.42. The molecule has 1 aromatic heterocycles. The Morgan fingerprint density at radius 3 is 2.25 bits per heavy atom. The Bertz CT molecular complexity index is 1210. The van der Waals surface area contributed by atoms with Gasteiger partial charge in [0.2, 0.25) is 5.82 Å². The maximum atomic E-state index is 12.2. The van der Waals surface area contributed by atoms with Gasteiger partial charge in [0.1, 0.15) is 5.56 Å². The van der Waals surface area contributed by atoms with Crippen LogP contribution in [0.1, 0.15) is 26.6 Å². The molecule has 0 bridgehead atoms. The molecule has 0 unspecified atom stereocenters. The molecular formula is C19H16N6O7. The van der Waals surface area contributed by atoms with E-state index in [4.69, 9.17) is 4.52 Å². The zero-order valence-corrected chi connectivity index (χ0v) is 16.6. The van der Waals surface area contributed by atoms with E-state index in [0.717, 1.165) is 0 Å². The van der Waals surface area contributed by atoms with Gasteiger partial charge in [-0.2, -0.15) is 4.98 Å². The van der Waals surface area contributed by atoms with Gasteiger partial charge in [-0.1, -0.05) is 29.4 Å². The predicted molar refractivity (Wildman–Crippen MR) is 109 cm³/mol. The van der Waals surface area contributed by atoms with Crippen molar-refractivity contribution in [1.82, 2.24) is 20.8 Å². The van der Waals surface area contributed by atoms with Crippen LogP contribution in [0.25, 0.3) is 11.4 Å². The number of nitro groups is 2. The molecule has 0 radical (unpaired) electrons. The van der Waals surface area contributed by atoms with E-state index in [0.29, 0.717) is 11.1 Å². The van der Waals surface area contributed by atoms with Gasteiger partial charge in [0, 0.05) is 36.3 Å². The maximum absolute atomic E-state index is 12.2. The molecule has 2 amide bonds. The lowest BCUT2D eigenvalue weighted by atomic mass is 10.1. The van der Waals surface area contributed by atoms with Crippen molar-refractivity contribution in [2.24, 2.45) is 0 Å². The number of carbonyl (C=O) groups is 2. The summed E-state index contributed by atoms with van der Waals surface area (Å²) in [7, 11) is 0. The highest BCUT2D eigenvalue weighted by atomic mass is 16.6. The summed E-state index contributed by atoms with van der Waals surface area (Å²) >= 11 is 0. The minimum absolute atomic E-state index is 0.0123. The predicted octanol–water partition coefficient (Wildman–Crippen LogP) is 2.02. The summed E-state index contributed by atoms with van der Waals surface area (Å²) in [6.07, 6.45) is 0. The number of amides is 2. The lowest BCUT2D eigenvalue weighted by Gasteiger charge is -2.06. The second-order valence-electron chi connectivity index (χ2n) is 6.42. The fourth-order valence-corrected chi connectivity index (χ4v) is 2.84. The van der Waals surface area contributed by atoms with Gasteiger partial charge in [-0.25, -0.2) is 0 Å². The SMILES string of the molecule is Cc1c(-c2noc(C(=O)NCCNC(=O)c3ccccc3[N+](=O)[O-])n2)cccc1[N+](=O)[O-]. The molecule has 0 aliphatic heterocycles. The first-order valence-electron chi connectivity index (χ1n) is 9.17. The summed E-state index contributed by atoms with van der Waals surface area (Å²) in [5.41, 5.74) is 0.121. The normalized spacial score (nSPS) is 10.4. The minimum atomic E-state index is -0.716. The number of nitro benzene ring substituents is 2. The molecule has 0 fully saturated rings. The highest BCUT2D eigenvalue weighted by molar-refractivity contribution is 5.98.